The first-order valence-corrected chi connectivity index (χ1v) is 11.5. The number of hydrogen-bond donors (Lipinski definition) is 0. The molecular formula is C29H32O8. The molecule has 0 radical (unpaired) electrons. The Morgan fingerprint density at radius 3 is 1.22 bits per heavy atom. The topological polar surface area (TPSA) is 105 Å². The number of ether oxygens (including phenoxy) is 4. The van der Waals surface area contributed by atoms with Crippen LogP contribution in [0.3, 0.4) is 0 Å². The third-order valence-corrected chi connectivity index (χ3v) is 5.98. The molecule has 0 atom stereocenters. The fourth-order valence-electron chi connectivity index (χ4n) is 3.54. The smallest absolute Gasteiger partial charge is 0.308 e. The van der Waals surface area contributed by atoms with Crippen LogP contribution in [-0.2, 0) is 19.2 Å². The highest BCUT2D eigenvalue weighted by Gasteiger charge is 2.19. The van der Waals surface area contributed by atoms with Gasteiger partial charge in [0, 0.05) is 13.8 Å². The second-order valence-corrected chi connectivity index (χ2v) is 8.44. The molecule has 0 unspecified atom stereocenters. The minimum Gasteiger partial charge on any atom is -0.493 e. The highest BCUT2D eigenvalue weighted by molar-refractivity contribution is 6.16. The normalized spacial score (nSPS) is 12.1. The summed E-state index contributed by atoms with van der Waals surface area (Å²) >= 11 is 0. The van der Waals surface area contributed by atoms with Gasteiger partial charge in [0.2, 0.25) is 0 Å². The molecule has 37 heavy (non-hydrogen) atoms. The zero-order chi connectivity index (χ0) is 27.9. The second kappa shape index (κ2) is 12.7. The number of carbonyl (C=O) groups excluding carboxylic acids is 4. The van der Waals surface area contributed by atoms with Gasteiger partial charge in [-0.1, -0.05) is 12.1 Å². The van der Waals surface area contributed by atoms with E-state index in [2.05, 4.69) is 0 Å². The van der Waals surface area contributed by atoms with Gasteiger partial charge in [-0.15, -0.1) is 0 Å². The van der Waals surface area contributed by atoms with Gasteiger partial charge in [-0.25, -0.2) is 0 Å². The van der Waals surface area contributed by atoms with Crippen LogP contribution in [-0.4, -0.2) is 37.7 Å². The van der Waals surface area contributed by atoms with Gasteiger partial charge in [0.1, 0.15) is 0 Å². The van der Waals surface area contributed by atoms with Crippen molar-refractivity contribution in [2.75, 3.05) is 14.2 Å². The molecule has 0 fully saturated rings. The summed E-state index contributed by atoms with van der Waals surface area (Å²) in [4.78, 5) is 48.5. The van der Waals surface area contributed by atoms with Crippen molar-refractivity contribution in [3.05, 3.63) is 58.7 Å². The largest absolute Gasteiger partial charge is 0.493 e. The van der Waals surface area contributed by atoms with E-state index >= 15 is 0 Å². The Balaban J connectivity index is 2.28. The van der Waals surface area contributed by atoms with E-state index in [1.807, 2.05) is 0 Å². The zero-order valence-corrected chi connectivity index (χ0v) is 22.4. The minimum atomic E-state index is -0.472. The molecule has 8 heteroatoms. The number of benzene rings is 2. The van der Waals surface area contributed by atoms with Crippen LogP contribution >= 0.6 is 0 Å². The molecule has 2 aromatic rings. The molecule has 0 N–H and O–H groups in total. The average molecular weight is 509 g/mol. The van der Waals surface area contributed by atoms with Gasteiger partial charge in [0.25, 0.3) is 0 Å². The lowest BCUT2D eigenvalue weighted by atomic mass is 9.93. The van der Waals surface area contributed by atoms with Crippen molar-refractivity contribution < 1.29 is 38.1 Å². The summed E-state index contributed by atoms with van der Waals surface area (Å²) in [6.45, 7) is 9.49. The Morgan fingerprint density at radius 2 is 0.919 bits per heavy atom. The van der Waals surface area contributed by atoms with Gasteiger partial charge in [-0.05, 0) is 85.4 Å². The summed E-state index contributed by atoms with van der Waals surface area (Å²) in [6.07, 6.45) is -0.294. The van der Waals surface area contributed by atoms with Gasteiger partial charge in [0.15, 0.2) is 34.6 Å². The van der Waals surface area contributed by atoms with Crippen molar-refractivity contribution in [2.24, 2.45) is 0 Å². The Morgan fingerprint density at radius 1 is 0.568 bits per heavy atom. The van der Waals surface area contributed by atoms with Crippen molar-refractivity contribution >= 4 is 34.7 Å². The zero-order valence-electron chi connectivity index (χ0n) is 22.4. The van der Waals surface area contributed by atoms with Crippen molar-refractivity contribution in [3.63, 3.8) is 0 Å². The van der Waals surface area contributed by atoms with E-state index in [9.17, 15) is 19.2 Å². The first-order valence-electron chi connectivity index (χ1n) is 11.5. The number of rotatable bonds is 10. The molecule has 0 heterocycles. The fraction of sp³-hybridized carbons (Fsp3) is 0.310. The lowest BCUT2D eigenvalue weighted by molar-refractivity contribution is -0.132. The predicted octanol–water partition coefficient (Wildman–Crippen LogP) is 5.37. The summed E-state index contributed by atoms with van der Waals surface area (Å²) < 4.78 is 20.9. The van der Waals surface area contributed by atoms with Crippen LogP contribution in [0.1, 0.15) is 59.1 Å². The van der Waals surface area contributed by atoms with Crippen LogP contribution in [0.4, 0.5) is 0 Å². The molecule has 0 aliphatic carbocycles. The molecule has 0 saturated heterocycles. The van der Waals surface area contributed by atoms with E-state index in [1.165, 1.54) is 28.1 Å². The van der Waals surface area contributed by atoms with Crippen LogP contribution in [0.15, 0.2) is 47.5 Å². The monoisotopic (exact) mass is 508 g/mol. The Kier molecular flexibility index (Phi) is 9.94. The van der Waals surface area contributed by atoms with E-state index in [4.69, 9.17) is 18.9 Å². The maximum atomic E-state index is 13.0. The summed E-state index contributed by atoms with van der Waals surface area (Å²) in [5.41, 5.74) is 3.63. The molecule has 196 valence electrons. The minimum absolute atomic E-state index is 0.277. The average Bonchev–Trinajstić information content (AvgIpc) is 2.86. The molecular weight excluding hydrogens is 476 g/mol. The Hall–Kier alpha value is -4.20. The maximum Gasteiger partial charge on any atom is 0.308 e. The number of esters is 2. The number of carbonyl (C=O) groups is 4. The van der Waals surface area contributed by atoms with E-state index in [0.29, 0.717) is 44.9 Å². The lowest BCUT2D eigenvalue weighted by Crippen LogP contribution is -2.12. The molecule has 0 spiro atoms. The third kappa shape index (κ3) is 7.39. The number of hydrogen-bond acceptors (Lipinski definition) is 8. The van der Waals surface area contributed by atoms with E-state index in [1.54, 1.807) is 64.1 Å². The molecule has 0 amide bonds. The number of ketones is 2. The van der Waals surface area contributed by atoms with Gasteiger partial charge < -0.3 is 18.9 Å². The Bertz CT molecular complexity index is 1200. The fourth-order valence-corrected chi connectivity index (χ4v) is 3.54. The number of allylic oxidation sites excluding steroid dienone is 4. The van der Waals surface area contributed by atoms with Crippen molar-refractivity contribution in [2.45, 2.75) is 48.0 Å². The Labute approximate surface area is 216 Å². The molecule has 0 aliphatic rings. The third-order valence-electron chi connectivity index (χ3n) is 5.98. The lowest BCUT2D eigenvalue weighted by Gasteiger charge is -2.13. The van der Waals surface area contributed by atoms with Gasteiger partial charge >= 0.3 is 11.9 Å². The predicted molar refractivity (Wildman–Crippen MR) is 140 cm³/mol. The van der Waals surface area contributed by atoms with E-state index in [0.717, 1.165) is 0 Å². The highest BCUT2D eigenvalue weighted by Crippen LogP contribution is 2.33. The van der Waals surface area contributed by atoms with Crippen LogP contribution in [0, 0.1) is 0 Å². The van der Waals surface area contributed by atoms with Gasteiger partial charge in [-0.2, -0.15) is 0 Å². The molecule has 0 bridgehead atoms. The molecule has 2 aromatic carbocycles. The first-order chi connectivity index (χ1) is 17.4. The summed E-state index contributed by atoms with van der Waals surface area (Å²) in [5.74, 6) is -0.290. The van der Waals surface area contributed by atoms with Crippen LogP contribution in [0.5, 0.6) is 23.0 Å². The SMILES string of the molecule is COc1cc(C(C)=C(C)C(=O)CC(=O)C(C)=C(C)c2ccc(OC(C)=O)c(OC)c2)ccc1OC(C)=O. The first kappa shape index (κ1) is 29.0. The van der Waals surface area contributed by atoms with Crippen LogP contribution < -0.4 is 18.9 Å². The summed E-state index contributed by atoms with van der Waals surface area (Å²) in [5, 5.41) is 0. The second-order valence-electron chi connectivity index (χ2n) is 8.44. The molecule has 0 aromatic heterocycles. The van der Waals surface area contributed by atoms with Crippen molar-refractivity contribution in [1.82, 2.24) is 0 Å². The summed E-state index contributed by atoms with van der Waals surface area (Å²) in [7, 11) is 2.91. The molecule has 8 nitrogen and oxygen atoms in total. The maximum absolute atomic E-state index is 13.0. The van der Waals surface area contributed by atoms with Crippen molar-refractivity contribution in [1.29, 1.82) is 0 Å². The molecule has 2 rings (SSSR count). The highest BCUT2D eigenvalue weighted by atomic mass is 16.6. The van der Waals surface area contributed by atoms with E-state index < -0.39 is 11.9 Å². The van der Waals surface area contributed by atoms with Crippen LogP contribution in [0.2, 0.25) is 0 Å². The van der Waals surface area contributed by atoms with Crippen molar-refractivity contribution in [3.8, 4) is 23.0 Å². The molecule has 0 aliphatic heterocycles. The standard InChI is InChI=1S/C29H32O8/c1-16(22-9-11-26(36-20(5)30)28(13-22)34-7)18(3)24(32)15-25(33)19(4)17(2)23-10-12-27(37-21(6)31)29(14-23)35-8/h9-14H,15H2,1-8H3. The molecule has 0 saturated carbocycles. The van der Waals surface area contributed by atoms with E-state index in [-0.39, 0.29) is 29.5 Å². The van der Waals surface area contributed by atoms with Crippen LogP contribution in [0.25, 0.3) is 11.1 Å². The van der Waals surface area contributed by atoms with Gasteiger partial charge in [0.05, 0.1) is 20.6 Å². The number of methoxy groups -OCH3 is 2. The quantitative estimate of drug-likeness (QED) is 0.183. The summed E-state index contributed by atoms with van der Waals surface area (Å²) in [6, 6.07) is 9.98. The number of Topliss-reactive ketones (excluding diaryl/α,β-unsaturated/α-hetero) is 2. The van der Waals surface area contributed by atoms with Gasteiger partial charge in [-0.3, -0.25) is 19.2 Å².